The number of hydrogen-bond acceptors (Lipinski definition) is 5. The summed E-state index contributed by atoms with van der Waals surface area (Å²) in [5.41, 5.74) is 6.81. The predicted molar refractivity (Wildman–Crippen MR) is 128 cm³/mol. The van der Waals surface area contributed by atoms with Crippen molar-refractivity contribution in [2.75, 3.05) is 5.75 Å². The summed E-state index contributed by atoms with van der Waals surface area (Å²) in [6.07, 6.45) is 1.76. The maximum absolute atomic E-state index is 12.7. The number of aliphatic imine (C=N–C) groups is 1. The summed E-state index contributed by atoms with van der Waals surface area (Å²) in [6.45, 7) is 10.3. The smallest absolute Gasteiger partial charge is 0.283 e. The molecule has 30 heavy (non-hydrogen) atoms. The number of hydrogen-bond donors (Lipinski definition) is 1. The number of nitrogens with one attached hydrogen (secondary N) is 1. The van der Waals surface area contributed by atoms with Crippen LogP contribution in [0.25, 0.3) is 11.8 Å². The van der Waals surface area contributed by atoms with Crippen molar-refractivity contribution >= 4 is 50.9 Å². The minimum atomic E-state index is -0.396. The SMILES string of the molecule is CCSC1=NN2C(=N)/C(=C\c3cc(C)n(-c4ccc(C)c(C)c4)c3C)C(=O)N=C2S1. The third-order valence-electron chi connectivity index (χ3n) is 5.22. The number of nitrogens with zero attached hydrogens (tertiary/aromatic N) is 4. The summed E-state index contributed by atoms with van der Waals surface area (Å²) in [7, 11) is 0. The van der Waals surface area contributed by atoms with E-state index in [0.717, 1.165) is 32.8 Å². The molecule has 1 aromatic heterocycles. The minimum Gasteiger partial charge on any atom is -0.318 e. The Morgan fingerprint density at radius 1 is 1.17 bits per heavy atom. The first-order valence-corrected chi connectivity index (χ1v) is 11.5. The predicted octanol–water partition coefficient (Wildman–Crippen LogP) is 5.04. The van der Waals surface area contributed by atoms with E-state index in [2.05, 4.69) is 46.7 Å². The van der Waals surface area contributed by atoms with Crippen LogP contribution in [0.5, 0.6) is 0 Å². The van der Waals surface area contributed by atoms with Gasteiger partial charge in [-0.25, -0.2) is 0 Å². The number of thioether (sulfide) groups is 2. The molecule has 154 valence electrons. The van der Waals surface area contributed by atoms with Crippen LogP contribution >= 0.6 is 23.5 Å². The molecule has 0 saturated heterocycles. The lowest BCUT2D eigenvalue weighted by Gasteiger charge is -2.20. The van der Waals surface area contributed by atoms with Gasteiger partial charge in [-0.3, -0.25) is 10.2 Å². The molecule has 4 rings (SSSR count). The summed E-state index contributed by atoms with van der Waals surface area (Å²) >= 11 is 2.92. The van der Waals surface area contributed by atoms with Crippen molar-refractivity contribution in [1.82, 2.24) is 9.58 Å². The van der Waals surface area contributed by atoms with Gasteiger partial charge in [-0.15, -0.1) is 5.10 Å². The summed E-state index contributed by atoms with van der Waals surface area (Å²) < 4.78 is 2.98. The molecule has 0 aliphatic carbocycles. The zero-order valence-corrected chi connectivity index (χ0v) is 19.2. The van der Waals surface area contributed by atoms with E-state index in [1.807, 2.05) is 26.8 Å². The van der Waals surface area contributed by atoms with Crippen LogP contribution in [-0.4, -0.2) is 36.6 Å². The monoisotopic (exact) mass is 437 g/mol. The Labute approximate surface area is 184 Å². The van der Waals surface area contributed by atoms with Crippen LogP contribution in [0.15, 0.2) is 39.9 Å². The zero-order valence-electron chi connectivity index (χ0n) is 17.6. The molecular formula is C22H23N5OS2. The molecule has 1 aromatic carbocycles. The third kappa shape index (κ3) is 3.54. The number of carbonyl (C=O) groups is 1. The molecule has 0 radical (unpaired) electrons. The molecule has 2 aliphatic heterocycles. The highest BCUT2D eigenvalue weighted by molar-refractivity contribution is 8.45. The lowest BCUT2D eigenvalue weighted by molar-refractivity contribution is -0.114. The van der Waals surface area contributed by atoms with Crippen LogP contribution in [0.1, 0.15) is 35.0 Å². The average molecular weight is 438 g/mol. The van der Waals surface area contributed by atoms with Crippen molar-refractivity contribution in [3.63, 3.8) is 0 Å². The Hall–Kier alpha value is -2.58. The number of amides is 1. The number of benzene rings is 1. The molecule has 0 atom stereocenters. The zero-order chi connectivity index (χ0) is 21.6. The maximum Gasteiger partial charge on any atom is 0.283 e. The van der Waals surface area contributed by atoms with Gasteiger partial charge in [-0.1, -0.05) is 24.8 Å². The highest BCUT2D eigenvalue weighted by atomic mass is 32.2. The average Bonchev–Trinajstić information content (AvgIpc) is 3.21. The van der Waals surface area contributed by atoms with Gasteiger partial charge in [0.25, 0.3) is 5.91 Å². The molecule has 2 aromatic rings. The van der Waals surface area contributed by atoms with E-state index in [1.165, 1.54) is 27.9 Å². The number of hydrazone groups is 1. The van der Waals surface area contributed by atoms with Crippen molar-refractivity contribution < 1.29 is 4.79 Å². The summed E-state index contributed by atoms with van der Waals surface area (Å²) in [5, 5.41) is 14.9. The van der Waals surface area contributed by atoms with E-state index >= 15 is 0 Å². The van der Waals surface area contributed by atoms with E-state index in [9.17, 15) is 4.79 Å². The third-order valence-corrected chi connectivity index (χ3v) is 7.15. The Morgan fingerprint density at radius 3 is 2.63 bits per heavy atom. The fourth-order valence-electron chi connectivity index (χ4n) is 3.51. The molecule has 0 unspecified atom stereocenters. The summed E-state index contributed by atoms with van der Waals surface area (Å²) in [5.74, 6) is 0.550. The van der Waals surface area contributed by atoms with Crippen LogP contribution in [0, 0.1) is 33.1 Å². The van der Waals surface area contributed by atoms with Gasteiger partial charge in [0.15, 0.2) is 10.2 Å². The van der Waals surface area contributed by atoms with Crippen molar-refractivity contribution in [2.24, 2.45) is 10.1 Å². The van der Waals surface area contributed by atoms with E-state index in [4.69, 9.17) is 5.41 Å². The lowest BCUT2D eigenvalue weighted by Crippen LogP contribution is -2.35. The highest BCUT2D eigenvalue weighted by Gasteiger charge is 2.35. The Morgan fingerprint density at radius 2 is 1.93 bits per heavy atom. The first-order valence-electron chi connectivity index (χ1n) is 9.69. The molecule has 1 N–H and O–H groups in total. The topological polar surface area (TPSA) is 73.8 Å². The second kappa shape index (κ2) is 7.92. The Bertz CT molecular complexity index is 1170. The summed E-state index contributed by atoms with van der Waals surface area (Å²) in [4.78, 5) is 16.8. The second-order valence-electron chi connectivity index (χ2n) is 7.25. The van der Waals surface area contributed by atoms with Crippen LogP contribution < -0.4 is 0 Å². The van der Waals surface area contributed by atoms with Gasteiger partial charge >= 0.3 is 0 Å². The normalized spacial score (nSPS) is 17.5. The molecular weight excluding hydrogens is 414 g/mol. The summed E-state index contributed by atoms with van der Waals surface area (Å²) in [6, 6.07) is 8.43. The van der Waals surface area contributed by atoms with E-state index in [1.54, 1.807) is 17.8 Å². The van der Waals surface area contributed by atoms with Crippen LogP contribution in [-0.2, 0) is 4.79 Å². The molecule has 3 heterocycles. The van der Waals surface area contributed by atoms with Crippen molar-refractivity contribution in [1.29, 1.82) is 5.41 Å². The van der Waals surface area contributed by atoms with Crippen LogP contribution in [0.3, 0.4) is 0 Å². The van der Waals surface area contributed by atoms with Crippen molar-refractivity contribution in [2.45, 2.75) is 34.6 Å². The fraction of sp³-hybridized carbons (Fsp3) is 0.273. The quantitative estimate of drug-likeness (QED) is 0.683. The second-order valence-corrected chi connectivity index (χ2v) is 9.72. The number of carbonyl (C=O) groups excluding carboxylic acids is 1. The molecule has 0 saturated carbocycles. The van der Waals surface area contributed by atoms with Gasteiger partial charge < -0.3 is 4.57 Å². The first kappa shape index (κ1) is 20.7. The number of fused-ring (bicyclic) bond motifs is 1. The number of aromatic nitrogens is 1. The molecule has 8 heteroatoms. The molecule has 0 spiro atoms. The molecule has 2 aliphatic rings. The number of amidine groups is 2. The molecule has 6 nitrogen and oxygen atoms in total. The van der Waals surface area contributed by atoms with Gasteiger partial charge in [-0.2, -0.15) is 10.0 Å². The van der Waals surface area contributed by atoms with E-state index in [0.29, 0.717) is 5.17 Å². The molecule has 0 fully saturated rings. The van der Waals surface area contributed by atoms with E-state index in [-0.39, 0.29) is 11.4 Å². The van der Waals surface area contributed by atoms with Crippen molar-refractivity contribution in [3.8, 4) is 5.69 Å². The van der Waals surface area contributed by atoms with Crippen molar-refractivity contribution in [3.05, 3.63) is 57.9 Å². The Balaban J connectivity index is 1.73. The maximum atomic E-state index is 12.7. The standard InChI is InChI=1S/C22H23N5OS2/c1-6-29-22-25-27-19(23)18(20(28)24-21(27)30-22)11-16-10-14(4)26(15(16)5)17-8-7-12(2)13(3)9-17/h7-11,23H,6H2,1-5H3/b18-11+,23-19?. The largest absolute Gasteiger partial charge is 0.318 e. The minimum absolute atomic E-state index is 0.0696. The lowest BCUT2D eigenvalue weighted by atomic mass is 10.1. The van der Waals surface area contributed by atoms with Crippen LogP contribution in [0.4, 0.5) is 0 Å². The number of rotatable bonds is 3. The first-order chi connectivity index (χ1) is 14.3. The van der Waals surface area contributed by atoms with Crippen LogP contribution in [0.2, 0.25) is 0 Å². The number of aryl methyl sites for hydroxylation is 3. The van der Waals surface area contributed by atoms with Gasteiger partial charge in [0.1, 0.15) is 0 Å². The molecule has 0 bridgehead atoms. The van der Waals surface area contributed by atoms with Gasteiger partial charge in [-0.05, 0) is 86.2 Å². The fourth-order valence-corrected chi connectivity index (χ4v) is 5.33. The molecule has 1 amide bonds. The van der Waals surface area contributed by atoms with Gasteiger partial charge in [0.05, 0.1) is 5.57 Å². The van der Waals surface area contributed by atoms with E-state index < -0.39 is 5.91 Å². The van der Waals surface area contributed by atoms with Gasteiger partial charge in [0, 0.05) is 17.1 Å². The highest BCUT2D eigenvalue weighted by Crippen LogP contribution is 2.33. The van der Waals surface area contributed by atoms with Gasteiger partial charge in [0.2, 0.25) is 5.17 Å². The Kier molecular flexibility index (Phi) is 5.46.